The first kappa shape index (κ1) is 14.4. The van der Waals surface area contributed by atoms with Gasteiger partial charge in [-0.2, -0.15) is 0 Å². The molecule has 1 aromatic carbocycles. The van der Waals surface area contributed by atoms with Gasteiger partial charge in [-0.15, -0.1) is 11.3 Å². The normalized spacial score (nSPS) is 11.5. The molecule has 19 heavy (non-hydrogen) atoms. The molecule has 1 heterocycles. The number of halogens is 1. The smallest absolute Gasteiger partial charge is 0.272 e. The molecular formula is C12H13BrN2O2S2. The standard InChI is InChI=1S/C12H13BrN2O2S2/c1-7-6-11(8(2)5-10(7)14)15-19(16,17)12-9(13)3-4-18-12/h3-6,15H,14H2,1-2H3. The highest BCUT2D eigenvalue weighted by atomic mass is 79.9. The van der Waals surface area contributed by atoms with Crippen LogP contribution in [-0.2, 0) is 10.0 Å². The highest BCUT2D eigenvalue weighted by molar-refractivity contribution is 9.10. The van der Waals surface area contributed by atoms with Gasteiger partial charge in [0.2, 0.25) is 0 Å². The minimum atomic E-state index is -3.57. The summed E-state index contributed by atoms with van der Waals surface area (Å²) in [7, 11) is -3.57. The van der Waals surface area contributed by atoms with Gasteiger partial charge in [0, 0.05) is 10.2 Å². The molecule has 0 unspecified atom stereocenters. The summed E-state index contributed by atoms with van der Waals surface area (Å²) in [4.78, 5) is 0. The molecule has 3 N–H and O–H groups in total. The molecule has 0 saturated heterocycles. The third-order valence-corrected chi connectivity index (χ3v) is 6.72. The van der Waals surface area contributed by atoms with Crippen LogP contribution in [0.25, 0.3) is 0 Å². The van der Waals surface area contributed by atoms with Gasteiger partial charge in [0.15, 0.2) is 4.21 Å². The van der Waals surface area contributed by atoms with E-state index in [2.05, 4.69) is 20.7 Å². The van der Waals surface area contributed by atoms with Crippen LogP contribution in [0.15, 0.2) is 32.3 Å². The fourth-order valence-corrected chi connectivity index (χ4v) is 5.07. The Bertz CT molecular complexity index is 723. The van der Waals surface area contributed by atoms with Gasteiger partial charge in [0.1, 0.15) is 0 Å². The van der Waals surface area contributed by atoms with Gasteiger partial charge in [0.05, 0.1) is 5.69 Å². The van der Waals surface area contributed by atoms with Gasteiger partial charge in [-0.3, -0.25) is 4.72 Å². The maximum absolute atomic E-state index is 12.3. The summed E-state index contributed by atoms with van der Waals surface area (Å²) in [6, 6.07) is 5.21. The Morgan fingerprint density at radius 1 is 1.26 bits per heavy atom. The molecule has 0 amide bonds. The number of sulfonamides is 1. The fourth-order valence-electron chi connectivity index (χ4n) is 1.61. The second-order valence-electron chi connectivity index (χ2n) is 4.19. The molecule has 0 fully saturated rings. The largest absolute Gasteiger partial charge is 0.399 e. The Morgan fingerprint density at radius 3 is 2.53 bits per heavy atom. The van der Waals surface area contributed by atoms with E-state index in [1.54, 1.807) is 23.6 Å². The predicted molar refractivity (Wildman–Crippen MR) is 83.2 cm³/mol. The summed E-state index contributed by atoms with van der Waals surface area (Å²) in [5.41, 5.74) is 8.62. The Labute approximate surface area is 124 Å². The number of thiophene rings is 1. The second-order valence-corrected chi connectivity index (χ2v) is 7.83. The average molecular weight is 361 g/mol. The number of aryl methyl sites for hydroxylation is 2. The highest BCUT2D eigenvalue weighted by Gasteiger charge is 2.20. The van der Waals surface area contributed by atoms with Crippen molar-refractivity contribution in [3.8, 4) is 0 Å². The second kappa shape index (κ2) is 5.15. The van der Waals surface area contributed by atoms with Gasteiger partial charge < -0.3 is 5.73 Å². The minimum Gasteiger partial charge on any atom is -0.399 e. The molecule has 0 atom stereocenters. The average Bonchev–Trinajstić information content (AvgIpc) is 2.73. The molecule has 0 radical (unpaired) electrons. The SMILES string of the molecule is Cc1cc(NS(=O)(=O)c2sccc2Br)c(C)cc1N. The van der Waals surface area contributed by atoms with Crippen LogP contribution in [0, 0.1) is 13.8 Å². The van der Waals surface area contributed by atoms with Crippen molar-refractivity contribution >= 4 is 48.7 Å². The number of nitrogens with one attached hydrogen (secondary N) is 1. The number of nitrogens with two attached hydrogens (primary N) is 1. The van der Waals surface area contributed by atoms with E-state index in [0.717, 1.165) is 11.1 Å². The zero-order valence-electron chi connectivity index (χ0n) is 10.4. The molecule has 0 spiro atoms. The lowest BCUT2D eigenvalue weighted by Crippen LogP contribution is -2.13. The Kier molecular flexibility index (Phi) is 3.89. The van der Waals surface area contributed by atoms with Crippen molar-refractivity contribution in [3.63, 3.8) is 0 Å². The molecule has 7 heteroatoms. The van der Waals surface area contributed by atoms with Crippen LogP contribution in [0.4, 0.5) is 11.4 Å². The number of anilines is 2. The van der Waals surface area contributed by atoms with Gasteiger partial charge in [-0.1, -0.05) is 0 Å². The molecule has 1 aromatic heterocycles. The molecular weight excluding hydrogens is 348 g/mol. The molecule has 2 aromatic rings. The van der Waals surface area contributed by atoms with Crippen LogP contribution >= 0.6 is 27.3 Å². The van der Waals surface area contributed by atoms with Crippen LogP contribution in [-0.4, -0.2) is 8.42 Å². The first-order valence-electron chi connectivity index (χ1n) is 5.44. The van der Waals surface area contributed by atoms with Gasteiger partial charge in [-0.05, 0) is 64.5 Å². The lowest BCUT2D eigenvalue weighted by molar-refractivity contribution is 0.603. The number of hydrogen-bond donors (Lipinski definition) is 2. The Balaban J connectivity index is 2.42. The summed E-state index contributed by atoms with van der Waals surface area (Å²) in [5.74, 6) is 0. The first-order chi connectivity index (χ1) is 8.81. The molecule has 0 aliphatic carbocycles. The lowest BCUT2D eigenvalue weighted by atomic mass is 10.1. The fraction of sp³-hybridized carbons (Fsp3) is 0.167. The molecule has 0 bridgehead atoms. The maximum Gasteiger partial charge on any atom is 0.272 e. The van der Waals surface area contributed by atoms with E-state index in [1.807, 2.05) is 13.8 Å². The molecule has 0 aliphatic heterocycles. The maximum atomic E-state index is 12.3. The van der Waals surface area contributed by atoms with Gasteiger partial charge in [-0.25, -0.2) is 8.42 Å². The summed E-state index contributed by atoms with van der Waals surface area (Å²) in [6.07, 6.45) is 0. The summed E-state index contributed by atoms with van der Waals surface area (Å²) >= 11 is 4.40. The van der Waals surface area contributed by atoms with Crippen molar-refractivity contribution < 1.29 is 8.42 Å². The number of hydrogen-bond acceptors (Lipinski definition) is 4. The van der Waals surface area contributed by atoms with Crippen LogP contribution in [0.2, 0.25) is 0 Å². The monoisotopic (exact) mass is 360 g/mol. The third-order valence-electron chi connectivity index (χ3n) is 2.69. The summed E-state index contributed by atoms with van der Waals surface area (Å²) < 4.78 is 28.0. The first-order valence-corrected chi connectivity index (χ1v) is 8.59. The molecule has 2 rings (SSSR count). The van der Waals surface area contributed by atoms with Crippen LogP contribution < -0.4 is 10.5 Å². The molecule has 102 valence electrons. The topological polar surface area (TPSA) is 72.2 Å². The van der Waals surface area contributed by atoms with Crippen LogP contribution in [0.5, 0.6) is 0 Å². The van der Waals surface area contributed by atoms with Gasteiger partial charge in [0.25, 0.3) is 10.0 Å². The quantitative estimate of drug-likeness (QED) is 0.822. The third kappa shape index (κ3) is 2.93. The van der Waals surface area contributed by atoms with Crippen LogP contribution in [0.1, 0.15) is 11.1 Å². The Morgan fingerprint density at radius 2 is 1.95 bits per heavy atom. The minimum absolute atomic E-state index is 0.265. The molecule has 4 nitrogen and oxygen atoms in total. The number of nitrogen functional groups attached to an aromatic ring is 1. The number of rotatable bonds is 3. The predicted octanol–water partition coefficient (Wildman–Crippen LogP) is 3.51. The van der Waals surface area contributed by atoms with E-state index >= 15 is 0 Å². The molecule has 0 aliphatic rings. The van der Waals surface area contributed by atoms with E-state index in [4.69, 9.17) is 5.73 Å². The van der Waals surface area contributed by atoms with E-state index in [9.17, 15) is 8.42 Å². The summed E-state index contributed by atoms with van der Waals surface area (Å²) in [6.45, 7) is 3.66. The zero-order chi connectivity index (χ0) is 14.2. The van der Waals surface area contributed by atoms with E-state index in [-0.39, 0.29) is 4.21 Å². The highest BCUT2D eigenvalue weighted by Crippen LogP contribution is 2.31. The Hall–Kier alpha value is -1.05. The van der Waals surface area contributed by atoms with Crippen molar-refractivity contribution in [2.45, 2.75) is 18.1 Å². The van der Waals surface area contributed by atoms with Crippen molar-refractivity contribution in [2.24, 2.45) is 0 Å². The van der Waals surface area contributed by atoms with E-state index in [0.29, 0.717) is 15.8 Å². The van der Waals surface area contributed by atoms with Crippen LogP contribution in [0.3, 0.4) is 0 Å². The van der Waals surface area contributed by atoms with Gasteiger partial charge >= 0.3 is 0 Å². The number of benzene rings is 1. The van der Waals surface area contributed by atoms with E-state index < -0.39 is 10.0 Å². The van der Waals surface area contributed by atoms with Crippen molar-refractivity contribution in [1.29, 1.82) is 0 Å². The van der Waals surface area contributed by atoms with Crippen molar-refractivity contribution in [2.75, 3.05) is 10.5 Å². The van der Waals surface area contributed by atoms with Crippen molar-refractivity contribution in [1.82, 2.24) is 0 Å². The molecule has 0 saturated carbocycles. The summed E-state index contributed by atoms with van der Waals surface area (Å²) in [5, 5.41) is 1.72. The lowest BCUT2D eigenvalue weighted by Gasteiger charge is -2.12. The van der Waals surface area contributed by atoms with Crippen molar-refractivity contribution in [3.05, 3.63) is 39.2 Å². The van der Waals surface area contributed by atoms with E-state index in [1.165, 1.54) is 11.3 Å². The zero-order valence-corrected chi connectivity index (χ0v) is 13.6.